The summed E-state index contributed by atoms with van der Waals surface area (Å²) in [5.41, 5.74) is 0.443. The first-order chi connectivity index (χ1) is 9.24. The fourth-order valence-electron chi connectivity index (χ4n) is 2.25. The SMILES string of the molecule is O=C1/C(=C/c2ccco2)NC(=S)N1CC1CCCO1. The van der Waals surface area contributed by atoms with Crippen LogP contribution < -0.4 is 5.32 Å². The molecule has 1 atom stereocenters. The summed E-state index contributed by atoms with van der Waals surface area (Å²) in [6.07, 6.45) is 5.33. The Balaban J connectivity index is 1.73. The van der Waals surface area contributed by atoms with Crippen LogP contribution in [-0.2, 0) is 9.53 Å². The van der Waals surface area contributed by atoms with Gasteiger partial charge in [-0.15, -0.1) is 0 Å². The summed E-state index contributed by atoms with van der Waals surface area (Å²) in [4.78, 5) is 13.8. The average Bonchev–Trinajstić information content (AvgIpc) is 3.10. The zero-order chi connectivity index (χ0) is 13.2. The largest absolute Gasteiger partial charge is 0.465 e. The molecule has 0 bridgehead atoms. The Labute approximate surface area is 116 Å². The van der Waals surface area contributed by atoms with Crippen LogP contribution in [0.15, 0.2) is 28.5 Å². The molecule has 0 aliphatic carbocycles. The van der Waals surface area contributed by atoms with Crippen LogP contribution >= 0.6 is 12.2 Å². The van der Waals surface area contributed by atoms with E-state index in [-0.39, 0.29) is 12.0 Å². The molecule has 1 amide bonds. The molecule has 0 spiro atoms. The third kappa shape index (κ3) is 2.54. The predicted octanol–water partition coefficient (Wildman–Crippen LogP) is 1.52. The summed E-state index contributed by atoms with van der Waals surface area (Å²) < 4.78 is 10.7. The Morgan fingerprint density at radius 1 is 1.58 bits per heavy atom. The van der Waals surface area contributed by atoms with Crippen LogP contribution in [0, 0.1) is 0 Å². The number of carbonyl (C=O) groups is 1. The number of amides is 1. The summed E-state index contributed by atoms with van der Waals surface area (Å²) >= 11 is 5.19. The Bertz CT molecular complexity index is 518. The molecule has 1 aromatic heterocycles. The smallest absolute Gasteiger partial charge is 0.276 e. The van der Waals surface area contributed by atoms with Gasteiger partial charge in [0.1, 0.15) is 11.5 Å². The van der Waals surface area contributed by atoms with Crippen molar-refractivity contribution in [2.24, 2.45) is 0 Å². The highest BCUT2D eigenvalue weighted by atomic mass is 32.1. The number of hydrogen-bond acceptors (Lipinski definition) is 4. The highest BCUT2D eigenvalue weighted by Gasteiger charge is 2.33. The molecule has 3 heterocycles. The zero-order valence-corrected chi connectivity index (χ0v) is 11.1. The predicted molar refractivity (Wildman–Crippen MR) is 73.1 cm³/mol. The van der Waals surface area contributed by atoms with Gasteiger partial charge in [-0.1, -0.05) is 0 Å². The van der Waals surface area contributed by atoms with Gasteiger partial charge in [-0.2, -0.15) is 0 Å². The molecule has 1 unspecified atom stereocenters. The quantitative estimate of drug-likeness (QED) is 0.671. The van der Waals surface area contributed by atoms with Crippen LogP contribution in [0.1, 0.15) is 18.6 Å². The highest BCUT2D eigenvalue weighted by Crippen LogP contribution is 2.19. The minimum atomic E-state index is -0.128. The molecular formula is C13H14N2O3S. The van der Waals surface area contributed by atoms with E-state index >= 15 is 0 Å². The summed E-state index contributed by atoms with van der Waals surface area (Å²) in [6.45, 7) is 1.28. The normalized spacial score (nSPS) is 25.4. The van der Waals surface area contributed by atoms with Gasteiger partial charge < -0.3 is 14.5 Å². The van der Waals surface area contributed by atoms with Crippen molar-refractivity contribution in [1.29, 1.82) is 0 Å². The Morgan fingerprint density at radius 3 is 3.16 bits per heavy atom. The number of ether oxygens (including phenoxy) is 1. The molecule has 100 valence electrons. The second-order valence-corrected chi connectivity index (χ2v) is 4.94. The van der Waals surface area contributed by atoms with Gasteiger partial charge in [0, 0.05) is 12.7 Å². The van der Waals surface area contributed by atoms with E-state index in [9.17, 15) is 4.79 Å². The lowest BCUT2D eigenvalue weighted by molar-refractivity contribution is -0.123. The zero-order valence-electron chi connectivity index (χ0n) is 10.3. The maximum Gasteiger partial charge on any atom is 0.276 e. The lowest BCUT2D eigenvalue weighted by atomic mass is 10.2. The Morgan fingerprint density at radius 2 is 2.47 bits per heavy atom. The molecule has 0 radical (unpaired) electrons. The molecule has 6 heteroatoms. The van der Waals surface area contributed by atoms with Crippen molar-refractivity contribution >= 4 is 29.3 Å². The fraction of sp³-hybridized carbons (Fsp3) is 0.385. The van der Waals surface area contributed by atoms with Gasteiger partial charge in [0.15, 0.2) is 5.11 Å². The highest BCUT2D eigenvalue weighted by molar-refractivity contribution is 7.80. The van der Waals surface area contributed by atoms with Gasteiger partial charge in [0.2, 0.25) is 0 Å². The molecule has 0 aromatic carbocycles. The van der Waals surface area contributed by atoms with Crippen LogP contribution in [0.25, 0.3) is 6.08 Å². The number of carbonyl (C=O) groups excluding carboxylic acids is 1. The summed E-state index contributed by atoms with van der Waals surface area (Å²) in [5, 5.41) is 3.35. The lowest BCUT2D eigenvalue weighted by Gasteiger charge is -2.18. The van der Waals surface area contributed by atoms with E-state index in [4.69, 9.17) is 21.4 Å². The topological polar surface area (TPSA) is 54.7 Å². The summed E-state index contributed by atoms with van der Waals surface area (Å²) in [7, 11) is 0. The van der Waals surface area contributed by atoms with Gasteiger partial charge in [-0.25, -0.2) is 0 Å². The Hall–Kier alpha value is -1.66. The first kappa shape index (κ1) is 12.4. The van der Waals surface area contributed by atoms with Crippen molar-refractivity contribution in [2.75, 3.05) is 13.2 Å². The molecule has 5 nitrogen and oxygen atoms in total. The van der Waals surface area contributed by atoms with Crippen molar-refractivity contribution in [3.05, 3.63) is 29.9 Å². The van der Waals surface area contributed by atoms with Crippen LogP contribution in [0.2, 0.25) is 0 Å². The van der Waals surface area contributed by atoms with Crippen LogP contribution in [0.5, 0.6) is 0 Å². The van der Waals surface area contributed by atoms with Crippen LogP contribution in [0.3, 0.4) is 0 Å². The number of furan rings is 1. The van der Waals surface area contributed by atoms with Gasteiger partial charge >= 0.3 is 0 Å². The maximum atomic E-state index is 12.2. The molecular weight excluding hydrogens is 264 g/mol. The van der Waals surface area contributed by atoms with E-state index in [0.717, 1.165) is 19.4 Å². The minimum Gasteiger partial charge on any atom is -0.465 e. The number of nitrogens with one attached hydrogen (secondary N) is 1. The van der Waals surface area contributed by atoms with Crippen molar-refractivity contribution < 1.29 is 13.9 Å². The van der Waals surface area contributed by atoms with E-state index in [2.05, 4.69) is 5.32 Å². The first-order valence-corrected chi connectivity index (χ1v) is 6.64. The number of thiocarbonyl (C=S) groups is 1. The van der Waals surface area contributed by atoms with Crippen molar-refractivity contribution in [1.82, 2.24) is 10.2 Å². The molecule has 2 saturated heterocycles. The fourth-order valence-corrected chi connectivity index (χ4v) is 2.51. The van der Waals surface area contributed by atoms with Crippen molar-refractivity contribution in [3.63, 3.8) is 0 Å². The van der Waals surface area contributed by atoms with E-state index in [1.807, 2.05) is 0 Å². The molecule has 1 N–H and O–H groups in total. The molecule has 2 fully saturated rings. The van der Waals surface area contributed by atoms with Gasteiger partial charge in [-0.3, -0.25) is 9.69 Å². The Kier molecular flexibility index (Phi) is 3.35. The maximum absolute atomic E-state index is 12.2. The lowest BCUT2D eigenvalue weighted by Crippen LogP contribution is -2.37. The summed E-state index contributed by atoms with van der Waals surface area (Å²) in [6, 6.07) is 3.56. The average molecular weight is 278 g/mol. The van der Waals surface area contributed by atoms with E-state index < -0.39 is 0 Å². The van der Waals surface area contributed by atoms with Gasteiger partial charge in [0.05, 0.1) is 18.9 Å². The molecule has 1 aromatic rings. The van der Waals surface area contributed by atoms with Gasteiger partial charge in [0.25, 0.3) is 5.91 Å². The second-order valence-electron chi connectivity index (χ2n) is 4.55. The molecule has 2 aliphatic heterocycles. The van der Waals surface area contributed by atoms with E-state index in [1.165, 1.54) is 0 Å². The van der Waals surface area contributed by atoms with E-state index in [1.54, 1.807) is 29.4 Å². The summed E-state index contributed by atoms with van der Waals surface area (Å²) in [5.74, 6) is 0.495. The van der Waals surface area contributed by atoms with Crippen LogP contribution in [0.4, 0.5) is 0 Å². The number of nitrogens with zero attached hydrogens (tertiary/aromatic N) is 1. The minimum absolute atomic E-state index is 0.0895. The second kappa shape index (κ2) is 5.14. The van der Waals surface area contributed by atoms with Crippen LogP contribution in [-0.4, -0.2) is 35.2 Å². The molecule has 3 rings (SSSR count). The van der Waals surface area contributed by atoms with E-state index in [0.29, 0.717) is 23.1 Å². The standard InChI is InChI=1S/C13H14N2O3S/c16-12-11(7-9-3-1-5-17-9)14-13(19)15(12)8-10-4-2-6-18-10/h1,3,5,7,10H,2,4,6,8H2,(H,14,19)/b11-7-. The van der Waals surface area contributed by atoms with Gasteiger partial charge in [-0.05, 0) is 37.2 Å². The number of rotatable bonds is 3. The third-order valence-corrected chi connectivity index (χ3v) is 3.52. The van der Waals surface area contributed by atoms with Crippen molar-refractivity contribution in [2.45, 2.75) is 18.9 Å². The molecule has 2 aliphatic rings. The monoisotopic (exact) mass is 278 g/mol. The first-order valence-electron chi connectivity index (χ1n) is 6.24. The number of hydrogen-bond donors (Lipinski definition) is 1. The molecule has 0 saturated carbocycles. The third-order valence-electron chi connectivity index (χ3n) is 3.20. The van der Waals surface area contributed by atoms with Crippen molar-refractivity contribution in [3.8, 4) is 0 Å². The molecule has 19 heavy (non-hydrogen) atoms.